The van der Waals surface area contributed by atoms with Gasteiger partial charge in [0.25, 0.3) is 0 Å². The van der Waals surface area contributed by atoms with E-state index in [0.29, 0.717) is 0 Å². The Balaban J connectivity index is 0.000000133. The lowest BCUT2D eigenvalue weighted by atomic mass is 9.91. The molecule has 0 saturated heterocycles. The van der Waals surface area contributed by atoms with Gasteiger partial charge in [0.15, 0.2) is 11.2 Å². The van der Waals surface area contributed by atoms with Crippen molar-refractivity contribution in [2.24, 2.45) is 0 Å². The van der Waals surface area contributed by atoms with Gasteiger partial charge >= 0.3 is 0 Å². The van der Waals surface area contributed by atoms with E-state index < -0.39 is 0 Å². The van der Waals surface area contributed by atoms with E-state index in [-0.39, 0.29) is 0 Å². The highest BCUT2D eigenvalue weighted by Gasteiger charge is 2.26. The van der Waals surface area contributed by atoms with Gasteiger partial charge in [-0.25, -0.2) is 0 Å². The summed E-state index contributed by atoms with van der Waals surface area (Å²) in [5, 5.41) is 9.64. The van der Waals surface area contributed by atoms with E-state index in [4.69, 9.17) is 8.83 Å². The number of benzene rings is 14. The SMILES string of the molecule is c1ccc(-c2ccc3sc4c(-c5ccccc5-c5cccc6c5oc5c7ccccc7n(-c7ccccc7)c65)cccc4c3c2)cc1.c1ccc(-c2cccc3c2sc2cccc(-c4ccccc4-c4cccc5c4oc4c6ccccc6n(-c6ccccc6)c54)c23)cc1. The zero-order valence-electron chi connectivity index (χ0n) is 50.7. The summed E-state index contributed by atoms with van der Waals surface area (Å²) in [6.45, 7) is 0. The van der Waals surface area contributed by atoms with E-state index in [1.165, 1.54) is 90.4 Å². The molecular formula is C88H54N2O2S2. The molecule has 0 bridgehead atoms. The van der Waals surface area contributed by atoms with Crippen molar-refractivity contribution in [2.45, 2.75) is 0 Å². The monoisotopic (exact) mass is 1230 g/mol. The van der Waals surface area contributed by atoms with Crippen LogP contribution in [0.5, 0.6) is 0 Å². The predicted molar refractivity (Wildman–Crippen MR) is 400 cm³/mol. The van der Waals surface area contributed by atoms with Gasteiger partial charge in [-0.3, -0.25) is 0 Å². The molecule has 0 amide bonds. The number of para-hydroxylation sites is 6. The third kappa shape index (κ3) is 8.51. The van der Waals surface area contributed by atoms with E-state index in [0.717, 1.165) is 94.0 Å². The summed E-state index contributed by atoms with van der Waals surface area (Å²) in [4.78, 5) is 0. The molecule has 0 atom stereocenters. The number of nitrogens with zero attached hydrogens (tertiary/aromatic N) is 2. The van der Waals surface area contributed by atoms with Crippen molar-refractivity contribution in [1.82, 2.24) is 9.13 Å². The molecule has 0 aliphatic rings. The van der Waals surface area contributed by atoms with Crippen molar-refractivity contribution in [3.8, 4) is 78.1 Å². The molecule has 20 rings (SSSR count). The average molecular weight is 1240 g/mol. The van der Waals surface area contributed by atoms with E-state index >= 15 is 0 Å². The summed E-state index contributed by atoms with van der Waals surface area (Å²) in [5.74, 6) is 0. The molecule has 14 aromatic carbocycles. The summed E-state index contributed by atoms with van der Waals surface area (Å²) in [5.41, 5.74) is 24.8. The number of rotatable bonds is 8. The van der Waals surface area contributed by atoms with E-state index in [2.05, 4.69) is 337 Å². The zero-order chi connectivity index (χ0) is 61.8. The van der Waals surface area contributed by atoms with Crippen molar-refractivity contribution in [2.75, 3.05) is 0 Å². The molecule has 0 spiro atoms. The Morgan fingerprint density at radius 3 is 1.19 bits per heavy atom. The van der Waals surface area contributed by atoms with Gasteiger partial charge in [-0.15, -0.1) is 22.7 Å². The standard InChI is InChI=1S/2C44H27NOS/c1-3-14-28(15-4-1)30-21-11-24-36-40-33(22-13-27-39(40)47-44(30)36)31-18-7-8-19-32(31)34-23-12-25-37-41-43(46-42(34)37)35-20-9-10-26-38(35)45(41)29-16-5-2-6-17-29;1-3-13-28(14-4-1)29-25-26-40-38(27-29)35-22-12-21-34(44(35)47-40)32-18-8-7-17-31(32)33-20-11-23-37-41-43(46-42(33)37)36-19-9-10-24-39(36)45(41)30-15-5-2-6-16-30/h2*1-27H. The van der Waals surface area contributed by atoms with Crippen molar-refractivity contribution in [1.29, 1.82) is 0 Å². The van der Waals surface area contributed by atoms with Crippen LogP contribution >= 0.6 is 22.7 Å². The normalized spacial score (nSPS) is 11.8. The van der Waals surface area contributed by atoms with Crippen LogP contribution in [-0.4, -0.2) is 9.13 Å². The molecule has 6 aromatic heterocycles. The number of hydrogen-bond acceptors (Lipinski definition) is 4. The molecule has 0 saturated carbocycles. The highest BCUT2D eigenvalue weighted by atomic mass is 32.1. The van der Waals surface area contributed by atoms with Gasteiger partial charge in [0, 0.05) is 90.0 Å². The minimum absolute atomic E-state index is 0.911. The second-order valence-corrected chi connectivity index (χ2v) is 26.2. The molecule has 0 aliphatic carbocycles. The Morgan fingerprint density at radius 2 is 0.617 bits per heavy atom. The first-order valence-corrected chi connectivity index (χ1v) is 33.5. The number of fused-ring (bicyclic) bond motifs is 16. The Bertz CT molecular complexity index is 6340. The van der Waals surface area contributed by atoms with Gasteiger partial charge in [0.05, 0.1) is 11.0 Å². The maximum atomic E-state index is 6.93. The minimum atomic E-state index is 0.911. The summed E-state index contributed by atoms with van der Waals surface area (Å²) in [7, 11) is 0. The van der Waals surface area contributed by atoms with Crippen LogP contribution in [0, 0.1) is 0 Å². The third-order valence-corrected chi connectivity index (χ3v) is 21.3. The lowest BCUT2D eigenvalue weighted by molar-refractivity contribution is 0.673. The van der Waals surface area contributed by atoms with Gasteiger partial charge in [-0.05, 0) is 129 Å². The maximum Gasteiger partial charge on any atom is 0.161 e. The molecule has 6 heterocycles. The fraction of sp³-hybridized carbons (Fsp3) is 0. The Morgan fingerprint density at radius 1 is 0.223 bits per heavy atom. The topological polar surface area (TPSA) is 36.1 Å². The Kier molecular flexibility index (Phi) is 12.6. The Hall–Kier alpha value is -11.8. The van der Waals surface area contributed by atoms with Crippen LogP contribution < -0.4 is 0 Å². The summed E-state index contributed by atoms with van der Waals surface area (Å²) in [6.07, 6.45) is 0. The van der Waals surface area contributed by atoms with Gasteiger partial charge in [-0.2, -0.15) is 0 Å². The highest BCUT2D eigenvalue weighted by molar-refractivity contribution is 7.26. The third-order valence-electron chi connectivity index (χ3n) is 18.9. The van der Waals surface area contributed by atoms with Gasteiger partial charge in [0.2, 0.25) is 0 Å². The number of furan rings is 2. The van der Waals surface area contributed by atoms with Crippen molar-refractivity contribution >= 4 is 129 Å². The molecule has 4 nitrogen and oxygen atoms in total. The first kappa shape index (κ1) is 54.0. The lowest BCUT2D eigenvalue weighted by Crippen LogP contribution is -1.93. The minimum Gasteiger partial charge on any atom is -0.453 e. The van der Waals surface area contributed by atoms with Crippen LogP contribution in [0.1, 0.15) is 0 Å². The predicted octanol–water partition coefficient (Wildman–Crippen LogP) is 25.8. The number of thiophene rings is 2. The molecule has 0 aliphatic heterocycles. The maximum absolute atomic E-state index is 6.93. The zero-order valence-corrected chi connectivity index (χ0v) is 52.3. The van der Waals surface area contributed by atoms with Crippen molar-refractivity contribution in [3.05, 3.63) is 328 Å². The number of hydrogen-bond donors (Lipinski definition) is 0. The van der Waals surface area contributed by atoms with Crippen LogP contribution in [0.25, 0.3) is 184 Å². The fourth-order valence-corrected chi connectivity index (χ4v) is 17.2. The molecule has 0 fully saturated rings. The average Bonchev–Trinajstić information content (AvgIpc) is 1.57. The molecule has 6 heteroatoms. The molecular weight excluding hydrogens is 1180 g/mol. The first-order valence-electron chi connectivity index (χ1n) is 31.9. The Labute approximate surface area is 548 Å². The molecule has 20 aromatic rings. The quantitative estimate of drug-likeness (QED) is 0.152. The van der Waals surface area contributed by atoms with E-state index in [1.807, 2.05) is 22.7 Å². The summed E-state index contributed by atoms with van der Waals surface area (Å²) >= 11 is 3.75. The largest absolute Gasteiger partial charge is 0.453 e. The first-order chi connectivity index (χ1) is 46.7. The second-order valence-electron chi connectivity index (χ2n) is 24.1. The van der Waals surface area contributed by atoms with Crippen LogP contribution in [0.2, 0.25) is 0 Å². The summed E-state index contributed by atoms with van der Waals surface area (Å²) < 4.78 is 23.8. The van der Waals surface area contributed by atoms with E-state index in [1.54, 1.807) is 0 Å². The smallest absolute Gasteiger partial charge is 0.161 e. The summed E-state index contributed by atoms with van der Waals surface area (Å²) in [6, 6.07) is 117. The van der Waals surface area contributed by atoms with Crippen LogP contribution in [0.15, 0.2) is 336 Å². The van der Waals surface area contributed by atoms with Gasteiger partial charge in [-0.1, -0.05) is 249 Å². The molecule has 0 unspecified atom stereocenters. The van der Waals surface area contributed by atoms with Crippen molar-refractivity contribution in [3.63, 3.8) is 0 Å². The molecule has 0 radical (unpaired) electrons. The van der Waals surface area contributed by atoms with Gasteiger partial charge in [0.1, 0.15) is 22.2 Å². The molecule has 0 N–H and O–H groups in total. The highest BCUT2D eigenvalue weighted by Crippen LogP contribution is 2.50. The fourth-order valence-electron chi connectivity index (χ4n) is 14.7. The van der Waals surface area contributed by atoms with Crippen LogP contribution in [0.4, 0.5) is 0 Å². The second kappa shape index (κ2) is 22.0. The van der Waals surface area contributed by atoms with Crippen LogP contribution in [-0.2, 0) is 0 Å². The molecule has 440 valence electrons. The number of aromatic nitrogens is 2. The lowest BCUT2D eigenvalue weighted by Gasteiger charge is -2.13. The van der Waals surface area contributed by atoms with Crippen LogP contribution in [0.3, 0.4) is 0 Å². The molecule has 94 heavy (non-hydrogen) atoms. The van der Waals surface area contributed by atoms with Gasteiger partial charge < -0.3 is 18.0 Å². The van der Waals surface area contributed by atoms with Crippen molar-refractivity contribution < 1.29 is 8.83 Å². The van der Waals surface area contributed by atoms with E-state index in [9.17, 15) is 0 Å².